The fourth-order valence-corrected chi connectivity index (χ4v) is 2.07. The van der Waals surface area contributed by atoms with Crippen molar-refractivity contribution in [1.29, 1.82) is 0 Å². The second-order valence-electron chi connectivity index (χ2n) is 3.85. The lowest BCUT2D eigenvalue weighted by molar-refractivity contribution is -0.132. The lowest BCUT2D eigenvalue weighted by Crippen LogP contribution is -2.43. The van der Waals surface area contributed by atoms with Crippen LogP contribution in [0.25, 0.3) is 0 Å². The van der Waals surface area contributed by atoms with E-state index in [4.69, 9.17) is 23.2 Å². The molecule has 1 aromatic heterocycles. The molecule has 6 nitrogen and oxygen atoms in total. The second-order valence-corrected chi connectivity index (χ2v) is 4.53. The maximum absolute atomic E-state index is 11.3. The van der Waals surface area contributed by atoms with E-state index in [1.807, 2.05) is 0 Å². The number of nitrogens with zero attached hydrogens (tertiary/aromatic N) is 4. The molecule has 0 aliphatic carbocycles. The monoisotopic (exact) mass is 275 g/mol. The molecule has 92 valence electrons. The van der Waals surface area contributed by atoms with Crippen LogP contribution in [0.5, 0.6) is 0 Å². The predicted molar refractivity (Wildman–Crippen MR) is 64.1 cm³/mol. The van der Waals surface area contributed by atoms with Crippen LogP contribution in [0.1, 0.15) is 12.8 Å². The normalized spacial score (nSPS) is 20.5. The van der Waals surface area contributed by atoms with Crippen LogP contribution in [0, 0.1) is 0 Å². The second kappa shape index (κ2) is 5.01. The van der Waals surface area contributed by atoms with E-state index >= 15 is 0 Å². The van der Waals surface area contributed by atoms with Crippen molar-refractivity contribution in [3.63, 3.8) is 0 Å². The third kappa shape index (κ3) is 3.17. The summed E-state index contributed by atoms with van der Waals surface area (Å²) >= 11 is 11.3. The molecular weight excluding hydrogens is 265 g/mol. The van der Waals surface area contributed by atoms with E-state index in [0.717, 1.165) is 6.42 Å². The minimum absolute atomic E-state index is 0.0488. The Hall–Kier alpha value is -1.14. The molecule has 1 aliphatic rings. The van der Waals surface area contributed by atoms with Gasteiger partial charge in [0.05, 0.1) is 0 Å². The molecule has 17 heavy (non-hydrogen) atoms. The van der Waals surface area contributed by atoms with Crippen LogP contribution >= 0.6 is 23.2 Å². The van der Waals surface area contributed by atoms with Crippen molar-refractivity contribution in [2.45, 2.75) is 18.9 Å². The van der Waals surface area contributed by atoms with Crippen molar-refractivity contribution in [3.05, 3.63) is 10.6 Å². The highest BCUT2D eigenvalue weighted by Gasteiger charge is 2.23. The number of carbonyl (C=O) groups excluding carboxylic acids is 1. The van der Waals surface area contributed by atoms with Crippen LogP contribution in [0.15, 0.2) is 0 Å². The molecule has 0 aromatic carbocycles. The van der Waals surface area contributed by atoms with Crippen LogP contribution in [-0.4, -0.2) is 45.4 Å². The Morgan fingerprint density at radius 3 is 2.53 bits per heavy atom. The van der Waals surface area contributed by atoms with Crippen LogP contribution in [-0.2, 0) is 4.79 Å². The Bertz CT molecular complexity index is 421. The summed E-state index contributed by atoms with van der Waals surface area (Å²) in [7, 11) is 1.77. The van der Waals surface area contributed by atoms with E-state index in [1.165, 1.54) is 0 Å². The Morgan fingerprint density at radius 1 is 1.29 bits per heavy atom. The number of anilines is 1. The molecule has 1 aromatic rings. The summed E-state index contributed by atoms with van der Waals surface area (Å²) in [6.45, 7) is 0.611. The first kappa shape index (κ1) is 12.3. The summed E-state index contributed by atoms with van der Waals surface area (Å²) < 4.78 is 0. The number of likely N-dealkylation sites (tertiary alicyclic amines) is 1. The Morgan fingerprint density at radius 2 is 1.94 bits per heavy atom. The summed E-state index contributed by atoms with van der Waals surface area (Å²) in [5, 5.41) is 3.19. The van der Waals surface area contributed by atoms with Crippen LogP contribution in [0.4, 0.5) is 5.95 Å². The molecule has 2 rings (SSSR count). The Labute approximate surface area is 108 Å². The van der Waals surface area contributed by atoms with Crippen molar-refractivity contribution < 1.29 is 4.79 Å². The number of hydrogen-bond acceptors (Lipinski definition) is 5. The molecule has 0 saturated carbocycles. The zero-order valence-electron chi connectivity index (χ0n) is 9.15. The average Bonchev–Trinajstić information content (AvgIpc) is 2.22. The molecule has 1 saturated heterocycles. The minimum Gasteiger partial charge on any atom is -0.350 e. The maximum Gasteiger partial charge on any atom is 0.228 e. The third-order valence-electron chi connectivity index (χ3n) is 2.54. The van der Waals surface area contributed by atoms with Crippen molar-refractivity contribution in [3.8, 4) is 0 Å². The van der Waals surface area contributed by atoms with E-state index in [9.17, 15) is 4.79 Å². The maximum atomic E-state index is 11.3. The van der Waals surface area contributed by atoms with Crippen LogP contribution in [0.2, 0.25) is 10.6 Å². The number of hydrogen-bond donors (Lipinski definition) is 1. The molecule has 1 N–H and O–H groups in total. The van der Waals surface area contributed by atoms with Gasteiger partial charge in [-0.1, -0.05) is 0 Å². The van der Waals surface area contributed by atoms with Gasteiger partial charge in [0.25, 0.3) is 0 Å². The topological polar surface area (TPSA) is 71.0 Å². The van der Waals surface area contributed by atoms with Crippen molar-refractivity contribution in [2.75, 3.05) is 18.9 Å². The first-order chi connectivity index (χ1) is 8.04. The number of piperidine rings is 1. The highest BCUT2D eigenvalue weighted by molar-refractivity contribution is 6.31. The van der Waals surface area contributed by atoms with Gasteiger partial charge in [-0.3, -0.25) is 4.79 Å². The quantitative estimate of drug-likeness (QED) is 0.879. The largest absolute Gasteiger partial charge is 0.350 e. The molecular formula is C9H11Cl2N5O. The number of rotatable bonds is 2. The van der Waals surface area contributed by atoms with Gasteiger partial charge in [-0.25, -0.2) is 0 Å². The zero-order valence-corrected chi connectivity index (χ0v) is 10.7. The van der Waals surface area contributed by atoms with E-state index in [-0.39, 0.29) is 22.5 Å². The lowest BCUT2D eigenvalue weighted by atomic mass is 10.1. The van der Waals surface area contributed by atoms with E-state index in [2.05, 4.69) is 20.3 Å². The summed E-state index contributed by atoms with van der Waals surface area (Å²) in [5.74, 6) is 0.484. The van der Waals surface area contributed by atoms with Gasteiger partial charge in [0.2, 0.25) is 22.4 Å². The summed E-state index contributed by atoms with van der Waals surface area (Å²) in [6, 6.07) is 0.104. The molecule has 1 unspecified atom stereocenters. The number of halogens is 2. The number of aromatic nitrogens is 3. The molecule has 8 heteroatoms. The van der Waals surface area contributed by atoms with E-state index < -0.39 is 0 Å². The fraction of sp³-hybridized carbons (Fsp3) is 0.556. The standard InChI is InChI=1S/C9H11Cl2N5O/c1-16-4-5(2-3-6(16)17)12-9-14-7(10)13-8(11)15-9/h5H,2-4H2,1H3,(H,12,13,14,15). The van der Waals surface area contributed by atoms with Gasteiger partial charge >= 0.3 is 0 Å². The molecule has 0 bridgehead atoms. The summed E-state index contributed by atoms with van der Waals surface area (Å²) in [5.41, 5.74) is 0. The van der Waals surface area contributed by atoms with E-state index in [0.29, 0.717) is 18.9 Å². The Balaban J connectivity index is 2.03. The first-order valence-corrected chi connectivity index (χ1v) is 5.88. The Kier molecular flexibility index (Phi) is 3.63. The lowest BCUT2D eigenvalue weighted by Gasteiger charge is -2.30. The van der Waals surface area contributed by atoms with Gasteiger partial charge in [-0.15, -0.1) is 0 Å². The average molecular weight is 276 g/mol. The molecule has 0 radical (unpaired) electrons. The summed E-state index contributed by atoms with van der Waals surface area (Å²) in [4.78, 5) is 24.5. The highest BCUT2D eigenvalue weighted by Crippen LogP contribution is 2.15. The van der Waals surface area contributed by atoms with Gasteiger partial charge in [-0.2, -0.15) is 15.0 Å². The van der Waals surface area contributed by atoms with Gasteiger partial charge in [0.15, 0.2) is 0 Å². The van der Waals surface area contributed by atoms with Crippen molar-refractivity contribution >= 4 is 35.1 Å². The number of amides is 1. The van der Waals surface area contributed by atoms with Crippen LogP contribution < -0.4 is 5.32 Å². The minimum atomic E-state index is 0.0488. The number of likely N-dealkylation sites (N-methyl/N-ethyl adjacent to an activating group) is 1. The van der Waals surface area contributed by atoms with Gasteiger partial charge in [0.1, 0.15) is 0 Å². The molecule has 0 spiro atoms. The zero-order chi connectivity index (χ0) is 12.4. The van der Waals surface area contributed by atoms with E-state index in [1.54, 1.807) is 11.9 Å². The van der Waals surface area contributed by atoms with Gasteiger partial charge < -0.3 is 10.2 Å². The first-order valence-electron chi connectivity index (χ1n) is 5.12. The van der Waals surface area contributed by atoms with Crippen molar-refractivity contribution in [1.82, 2.24) is 19.9 Å². The molecule has 1 amide bonds. The predicted octanol–water partition coefficient (Wildman–Crippen LogP) is 1.21. The summed E-state index contributed by atoms with van der Waals surface area (Å²) in [6.07, 6.45) is 1.25. The molecule has 1 aliphatic heterocycles. The van der Waals surface area contributed by atoms with Crippen LogP contribution in [0.3, 0.4) is 0 Å². The number of nitrogens with one attached hydrogen (secondary N) is 1. The molecule has 1 fully saturated rings. The number of carbonyl (C=O) groups is 1. The fourth-order valence-electron chi connectivity index (χ4n) is 1.70. The van der Waals surface area contributed by atoms with Gasteiger partial charge in [-0.05, 0) is 29.6 Å². The molecule has 2 heterocycles. The molecule has 1 atom stereocenters. The van der Waals surface area contributed by atoms with Gasteiger partial charge in [0, 0.05) is 26.1 Å². The smallest absolute Gasteiger partial charge is 0.228 e. The highest BCUT2D eigenvalue weighted by atomic mass is 35.5. The SMILES string of the molecule is CN1CC(Nc2nc(Cl)nc(Cl)n2)CCC1=O. The third-order valence-corrected chi connectivity index (χ3v) is 2.88. The van der Waals surface area contributed by atoms with Crippen molar-refractivity contribution in [2.24, 2.45) is 0 Å².